The molecule has 0 saturated carbocycles. The van der Waals surface area contributed by atoms with E-state index in [9.17, 15) is 4.79 Å². The summed E-state index contributed by atoms with van der Waals surface area (Å²) < 4.78 is 0. The number of carbonyl (C=O) groups excluding carboxylic acids is 2. The average molecular weight is 627 g/mol. The number of fused-ring (bicyclic) bond motifs is 5. The van der Waals surface area contributed by atoms with E-state index in [0.29, 0.717) is 50.9 Å². The van der Waals surface area contributed by atoms with E-state index in [1.54, 1.807) is 18.2 Å². The molecule has 3 aromatic rings. The largest absolute Gasteiger partial charge is 0.324 e. The Morgan fingerprint density at radius 1 is 0.951 bits per heavy atom. The summed E-state index contributed by atoms with van der Waals surface area (Å²) in [6, 6.07) is 18.5. The minimum atomic E-state index is -1.22. The number of para-hydroxylation sites is 1. The number of hydrogen-bond acceptors (Lipinski definition) is 4. The number of halogens is 4. The average Bonchev–Trinajstić information content (AvgIpc) is 3.57. The number of carbonyl (C=O) groups is 2. The fourth-order valence-corrected chi connectivity index (χ4v) is 9.19. The fourth-order valence-electron chi connectivity index (χ4n) is 8.20. The maximum atomic E-state index is 15.3. The Bertz CT molecular complexity index is 1660. The standard InChI is InChI=1S/C32H27Cl4N3O2/c1-38-16-19(13-18-8-9-20(33)14-24(18)35)29(40)31(17-38)28(22-11-10-21(34)15-25(22)36)27-7-4-12-39(27)32(31)23-5-2-3-6-26(23)37-30(32)41/h2-3,5-6,8-11,13-15,27-28H,4,7,12,16-17H2,1H3,(H,37,41)/b19-13+/t27-,28-,31-,32-/m0/s1. The van der Waals surface area contributed by atoms with Crippen LogP contribution in [-0.4, -0.2) is 54.2 Å². The van der Waals surface area contributed by atoms with Crippen LogP contribution in [0.1, 0.15) is 35.4 Å². The zero-order valence-corrected chi connectivity index (χ0v) is 25.3. The third-order valence-corrected chi connectivity index (χ3v) is 10.6. The van der Waals surface area contributed by atoms with Crippen molar-refractivity contribution in [3.05, 3.63) is 103 Å². The van der Waals surface area contributed by atoms with Gasteiger partial charge in [0.15, 0.2) is 5.78 Å². The summed E-state index contributed by atoms with van der Waals surface area (Å²) >= 11 is 26.0. The van der Waals surface area contributed by atoms with Crippen LogP contribution < -0.4 is 5.32 Å². The lowest BCUT2D eigenvalue weighted by Gasteiger charge is -2.51. The van der Waals surface area contributed by atoms with Crippen LogP contribution in [0.3, 0.4) is 0 Å². The molecular formula is C32H27Cl4N3O2. The maximum Gasteiger partial charge on any atom is 0.250 e. The molecule has 1 N–H and O–H groups in total. The second-order valence-electron chi connectivity index (χ2n) is 11.6. The molecule has 1 amide bonds. The van der Waals surface area contributed by atoms with Crippen molar-refractivity contribution in [2.24, 2.45) is 5.41 Å². The molecule has 4 aliphatic rings. The van der Waals surface area contributed by atoms with Gasteiger partial charge < -0.3 is 10.2 Å². The number of rotatable bonds is 2. The van der Waals surface area contributed by atoms with E-state index in [0.717, 1.165) is 29.7 Å². The molecule has 0 bridgehead atoms. The van der Waals surface area contributed by atoms with Crippen LogP contribution in [0, 0.1) is 5.41 Å². The van der Waals surface area contributed by atoms with Gasteiger partial charge in [-0.05, 0) is 74.0 Å². The van der Waals surface area contributed by atoms with E-state index in [2.05, 4.69) is 15.1 Å². The Morgan fingerprint density at radius 3 is 2.44 bits per heavy atom. The van der Waals surface area contributed by atoms with Crippen molar-refractivity contribution in [1.29, 1.82) is 0 Å². The van der Waals surface area contributed by atoms with E-state index in [4.69, 9.17) is 46.4 Å². The molecule has 9 heteroatoms. The van der Waals surface area contributed by atoms with Crippen LogP contribution in [0.2, 0.25) is 20.1 Å². The summed E-state index contributed by atoms with van der Waals surface area (Å²) in [5.74, 6) is -0.574. The van der Waals surface area contributed by atoms with Gasteiger partial charge in [0.25, 0.3) is 5.91 Å². The second kappa shape index (κ2) is 9.84. The predicted octanol–water partition coefficient (Wildman–Crippen LogP) is 7.29. The van der Waals surface area contributed by atoms with Gasteiger partial charge in [-0.1, -0.05) is 76.7 Å². The van der Waals surface area contributed by atoms with Crippen LogP contribution in [0.4, 0.5) is 5.69 Å². The Morgan fingerprint density at radius 2 is 1.68 bits per heavy atom. The molecule has 41 heavy (non-hydrogen) atoms. The van der Waals surface area contributed by atoms with E-state index in [1.807, 2.05) is 55.6 Å². The molecule has 5 nitrogen and oxygen atoms in total. The number of anilines is 1. The Kier molecular flexibility index (Phi) is 6.59. The Hall–Kier alpha value is -2.38. The smallest absolute Gasteiger partial charge is 0.250 e. The normalized spacial score (nSPS) is 30.4. The van der Waals surface area contributed by atoms with Crippen molar-refractivity contribution in [3.63, 3.8) is 0 Å². The number of likely N-dealkylation sites (N-methyl/N-ethyl adjacent to an activating group) is 1. The molecule has 3 fully saturated rings. The van der Waals surface area contributed by atoms with Crippen molar-refractivity contribution in [2.75, 3.05) is 32.0 Å². The predicted molar refractivity (Wildman–Crippen MR) is 165 cm³/mol. The van der Waals surface area contributed by atoms with E-state index >= 15 is 4.79 Å². The molecule has 4 aliphatic heterocycles. The summed E-state index contributed by atoms with van der Waals surface area (Å²) in [6.07, 6.45) is 3.63. The van der Waals surface area contributed by atoms with Crippen molar-refractivity contribution in [3.8, 4) is 0 Å². The molecule has 0 aliphatic carbocycles. The van der Waals surface area contributed by atoms with Gasteiger partial charge in [-0.2, -0.15) is 0 Å². The first-order valence-electron chi connectivity index (χ1n) is 13.7. The highest BCUT2D eigenvalue weighted by molar-refractivity contribution is 6.36. The highest BCUT2D eigenvalue weighted by Gasteiger charge is 2.78. The molecule has 0 unspecified atom stereocenters. The highest BCUT2D eigenvalue weighted by Crippen LogP contribution is 2.69. The zero-order chi connectivity index (χ0) is 28.7. The van der Waals surface area contributed by atoms with Crippen LogP contribution in [0.5, 0.6) is 0 Å². The number of Topliss-reactive ketones (excluding diaryl/α,β-unsaturated/α-hetero) is 1. The summed E-state index contributed by atoms with van der Waals surface area (Å²) in [5, 5.41) is 5.18. The summed E-state index contributed by atoms with van der Waals surface area (Å²) in [7, 11) is 2.00. The number of amides is 1. The molecule has 7 rings (SSSR count). The number of piperidine rings is 1. The number of hydrogen-bond donors (Lipinski definition) is 1. The molecule has 2 spiro atoms. The van der Waals surface area contributed by atoms with Crippen molar-refractivity contribution in [2.45, 2.75) is 30.3 Å². The molecular weight excluding hydrogens is 600 g/mol. The first-order valence-corrected chi connectivity index (χ1v) is 15.2. The number of nitrogens with zero attached hydrogens (tertiary/aromatic N) is 2. The monoisotopic (exact) mass is 625 g/mol. The van der Waals surface area contributed by atoms with Crippen molar-refractivity contribution < 1.29 is 9.59 Å². The maximum absolute atomic E-state index is 15.3. The van der Waals surface area contributed by atoms with Crippen LogP contribution in [0.15, 0.2) is 66.2 Å². The topological polar surface area (TPSA) is 52.7 Å². The lowest BCUT2D eigenvalue weighted by atomic mass is 9.55. The highest BCUT2D eigenvalue weighted by atomic mass is 35.5. The van der Waals surface area contributed by atoms with E-state index in [-0.39, 0.29) is 23.7 Å². The van der Waals surface area contributed by atoms with Gasteiger partial charge in [0.05, 0.1) is 5.41 Å². The summed E-state index contributed by atoms with van der Waals surface area (Å²) in [4.78, 5) is 34.4. The van der Waals surface area contributed by atoms with Gasteiger partial charge in [-0.3, -0.25) is 14.5 Å². The molecule has 4 atom stereocenters. The molecule has 4 heterocycles. The molecule has 0 aromatic heterocycles. The molecule has 3 aromatic carbocycles. The third-order valence-electron chi connectivity index (χ3n) is 9.43. The quantitative estimate of drug-likeness (QED) is 0.304. The number of ketones is 1. The zero-order valence-electron chi connectivity index (χ0n) is 22.3. The lowest BCUT2D eigenvalue weighted by Crippen LogP contribution is -2.65. The van der Waals surface area contributed by atoms with Gasteiger partial charge in [0.1, 0.15) is 5.54 Å². The van der Waals surface area contributed by atoms with Crippen molar-refractivity contribution >= 4 is 69.9 Å². The van der Waals surface area contributed by atoms with Gasteiger partial charge >= 0.3 is 0 Å². The Labute approximate surface area is 259 Å². The first-order chi connectivity index (χ1) is 19.7. The summed E-state index contributed by atoms with van der Waals surface area (Å²) in [6.45, 7) is 1.51. The third kappa shape index (κ3) is 3.76. The van der Waals surface area contributed by atoms with Gasteiger partial charge in [-0.15, -0.1) is 0 Å². The van der Waals surface area contributed by atoms with Crippen molar-refractivity contribution in [1.82, 2.24) is 9.80 Å². The molecule has 3 saturated heterocycles. The minimum absolute atomic E-state index is 0.0566. The minimum Gasteiger partial charge on any atom is -0.324 e. The van der Waals surface area contributed by atoms with Crippen LogP contribution in [-0.2, 0) is 15.1 Å². The van der Waals surface area contributed by atoms with Crippen LogP contribution >= 0.6 is 46.4 Å². The molecule has 210 valence electrons. The van der Waals surface area contributed by atoms with Gasteiger partial charge in [0, 0.05) is 62.0 Å². The van der Waals surface area contributed by atoms with E-state index in [1.165, 1.54) is 0 Å². The number of benzene rings is 3. The Balaban J connectivity index is 1.54. The summed E-state index contributed by atoms with van der Waals surface area (Å²) in [5.41, 5.74) is 1.34. The lowest BCUT2D eigenvalue weighted by molar-refractivity contribution is -0.147. The SMILES string of the molecule is CN1C/C(=C\c2ccc(Cl)cc2Cl)C(=O)[C@]2(C1)[C@@H](c1ccc(Cl)cc1Cl)[C@@H]1CCCN1[C@@]21C(=O)Nc2ccccc21. The van der Waals surface area contributed by atoms with E-state index < -0.39 is 11.0 Å². The van der Waals surface area contributed by atoms with Gasteiger partial charge in [0.2, 0.25) is 0 Å². The number of likely N-dealkylation sites (tertiary alicyclic amines) is 1. The molecule has 0 radical (unpaired) electrons. The number of nitrogens with one attached hydrogen (secondary N) is 1. The first kappa shape index (κ1) is 27.5. The fraction of sp³-hybridized carbons (Fsp3) is 0.312. The second-order valence-corrected chi connectivity index (χ2v) is 13.3. The van der Waals surface area contributed by atoms with Crippen LogP contribution in [0.25, 0.3) is 6.08 Å². The van der Waals surface area contributed by atoms with Gasteiger partial charge in [-0.25, -0.2) is 0 Å².